The number of hydrogen-bond acceptors (Lipinski definition) is 3. The third kappa shape index (κ3) is 5.50. The smallest absolute Gasteiger partial charge is 0.259 e. The molecule has 0 aromatic heterocycles. The minimum atomic E-state index is -0.410. The Bertz CT molecular complexity index is 1020. The molecular formula is C22H18Cl2N2O3. The summed E-state index contributed by atoms with van der Waals surface area (Å²) in [6.07, 6.45) is 0.286. The summed E-state index contributed by atoms with van der Waals surface area (Å²) in [6, 6.07) is 19.3. The third-order valence-electron chi connectivity index (χ3n) is 4.09. The molecule has 148 valence electrons. The van der Waals surface area contributed by atoms with Crippen molar-refractivity contribution in [3.05, 3.63) is 87.9 Å². The van der Waals surface area contributed by atoms with Crippen LogP contribution in [0.15, 0.2) is 66.7 Å². The van der Waals surface area contributed by atoms with Gasteiger partial charge in [0.2, 0.25) is 5.91 Å². The highest BCUT2D eigenvalue weighted by Gasteiger charge is 2.17. The molecule has 0 atom stereocenters. The van der Waals surface area contributed by atoms with Crippen molar-refractivity contribution in [2.75, 3.05) is 17.7 Å². The van der Waals surface area contributed by atoms with E-state index in [9.17, 15) is 9.59 Å². The van der Waals surface area contributed by atoms with Crippen molar-refractivity contribution in [3.63, 3.8) is 0 Å². The fourth-order valence-electron chi connectivity index (χ4n) is 2.76. The fraction of sp³-hybridized carbons (Fsp3) is 0.0909. The molecule has 0 saturated heterocycles. The van der Waals surface area contributed by atoms with Crippen LogP contribution < -0.4 is 15.4 Å². The standard InChI is InChI=1S/C22H18Cl2N2O3/c1-29-21-18(12-15(23)13-19(21)24)22(28)26-17-9-7-16(8-10-17)25-20(27)11-14-5-3-2-4-6-14/h2-10,12-13H,11H2,1H3,(H,25,27)(H,26,28). The minimum Gasteiger partial charge on any atom is -0.494 e. The molecule has 29 heavy (non-hydrogen) atoms. The van der Waals surface area contributed by atoms with Crippen LogP contribution in [0.2, 0.25) is 10.0 Å². The molecule has 2 amide bonds. The van der Waals surface area contributed by atoms with Crippen LogP contribution in [0.4, 0.5) is 11.4 Å². The van der Waals surface area contributed by atoms with E-state index in [1.54, 1.807) is 24.3 Å². The number of anilines is 2. The monoisotopic (exact) mass is 428 g/mol. The Morgan fingerprint density at radius 1 is 0.897 bits per heavy atom. The van der Waals surface area contributed by atoms with Crippen LogP contribution in [-0.2, 0) is 11.2 Å². The minimum absolute atomic E-state index is 0.119. The van der Waals surface area contributed by atoms with Gasteiger partial charge in [0.25, 0.3) is 5.91 Å². The van der Waals surface area contributed by atoms with Crippen molar-refractivity contribution >= 4 is 46.4 Å². The quantitative estimate of drug-likeness (QED) is 0.549. The highest BCUT2D eigenvalue weighted by molar-refractivity contribution is 6.36. The van der Waals surface area contributed by atoms with Crippen LogP contribution in [0.1, 0.15) is 15.9 Å². The Hall–Kier alpha value is -3.02. The maximum absolute atomic E-state index is 12.6. The second-order valence-corrected chi connectivity index (χ2v) is 7.05. The molecule has 7 heteroatoms. The third-order valence-corrected chi connectivity index (χ3v) is 4.59. The molecule has 2 N–H and O–H groups in total. The van der Waals surface area contributed by atoms with E-state index in [1.165, 1.54) is 19.2 Å². The van der Waals surface area contributed by atoms with E-state index in [0.29, 0.717) is 16.4 Å². The van der Waals surface area contributed by atoms with E-state index >= 15 is 0 Å². The molecule has 3 aromatic rings. The van der Waals surface area contributed by atoms with Crippen molar-refractivity contribution in [1.29, 1.82) is 0 Å². The Kier molecular flexibility index (Phi) is 6.75. The van der Waals surface area contributed by atoms with E-state index in [-0.39, 0.29) is 28.7 Å². The molecule has 0 unspecified atom stereocenters. The molecule has 3 aromatic carbocycles. The summed E-state index contributed by atoms with van der Waals surface area (Å²) < 4.78 is 5.20. The predicted octanol–water partition coefficient (Wildman–Crippen LogP) is 5.44. The van der Waals surface area contributed by atoms with Gasteiger partial charge < -0.3 is 15.4 Å². The molecule has 0 saturated carbocycles. The van der Waals surface area contributed by atoms with Crippen LogP contribution in [0.5, 0.6) is 5.75 Å². The zero-order chi connectivity index (χ0) is 20.8. The molecule has 0 spiro atoms. The number of amides is 2. The highest BCUT2D eigenvalue weighted by Crippen LogP contribution is 2.32. The van der Waals surface area contributed by atoms with Crippen LogP contribution in [0.25, 0.3) is 0 Å². The first kappa shape index (κ1) is 20.7. The van der Waals surface area contributed by atoms with Gasteiger partial charge >= 0.3 is 0 Å². The highest BCUT2D eigenvalue weighted by atomic mass is 35.5. The Labute approximate surface area is 178 Å². The first-order valence-corrected chi connectivity index (χ1v) is 9.50. The summed E-state index contributed by atoms with van der Waals surface area (Å²) in [4.78, 5) is 24.7. The number of carbonyl (C=O) groups is 2. The normalized spacial score (nSPS) is 10.3. The van der Waals surface area contributed by atoms with Gasteiger partial charge in [0.15, 0.2) is 0 Å². The van der Waals surface area contributed by atoms with Gasteiger partial charge in [0.1, 0.15) is 5.75 Å². The van der Waals surface area contributed by atoms with Gasteiger partial charge in [-0.2, -0.15) is 0 Å². The SMILES string of the molecule is COc1c(Cl)cc(Cl)cc1C(=O)Nc1ccc(NC(=O)Cc2ccccc2)cc1. The summed E-state index contributed by atoms with van der Waals surface area (Å²) >= 11 is 12.1. The maximum Gasteiger partial charge on any atom is 0.259 e. The van der Waals surface area contributed by atoms with E-state index < -0.39 is 5.91 Å². The van der Waals surface area contributed by atoms with Gasteiger partial charge in [-0.15, -0.1) is 0 Å². The summed E-state index contributed by atoms with van der Waals surface area (Å²) in [7, 11) is 1.43. The van der Waals surface area contributed by atoms with Gasteiger partial charge in [-0.05, 0) is 42.0 Å². The predicted molar refractivity (Wildman–Crippen MR) is 116 cm³/mol. The molecule has 0 aliphatic heterocycles. The summed E-state index contributed by atoms with van der Waals surface area (Å²) in [6.45, 7) is 0. The van der Waals surface area contributed by atoms with E-state index in [2.05, 4.69) is 10.6 Å². The lowest BCUT2D eigenvalue weighted by Crippen LogP contribution is -2.15. The number of methoxy groups -OCH3 is 1. The zero-order valence-corrected chi connectivity index (χ0v) is 17.1. The van der Waals surface area contributed by atoms with Gasteiger partial charge in [0, 0.05) is 16.4 Å². The number of benzene rings is 3. The van der Waals surface area contributed by atoms with Crippen LogP contribution in [0, 0.1) is 0 Å². The van der Waals surface area contributed by atoms with Crippen LogP contribution in [-0.4, -0.2) is 18.9 Å². The van der Waals surface area contributed by atoms with Crippen molar-refractivity contribution in [2.45, 2.75) is 6.42 Å². The van der Waals surface area contributed by atoms with E-state index in [0.717, 1.165) is 5.56 Å². The first-order valence-electron chi connectivity index (χ1n) is 8.74. The molecule has 5 nitrogen and oxygen atoms in total. The Balaban J connectivity index is 1.65. The number of rotatable bonds is 6. The van der Waals surface area contributed by atoms with Crippen molar-refractivity contribution in [2.24, 2.45) is 0 Å². The second-order valence-electron chi connectivity index (χ2n) is 6.21. The van der Waals surface area contributed by atoms with Crippen molar-refractivity contribution in [1.82, 2.24) is 0 Å². The van der Waals surface area contributed by atoms with E-state index in [4.69, 9.17) is 27.9 Å². The zero-order valence-electron chi connectivity index (χ0n) is 15.5. The average Bonchev–Trinajstić information content (AvgIpc) is 2.69. The Morgan fingerprint density at radius 2 is 1.52 bits per heavy atom. The Morgan fingerprint density at radius 3 is 2.14 bits per heavy atom. The molecule has 0 aliphatic rings. The van der Waals surface area contributed by atoms with Crippen LogP contribution >= 0.6 is 23.2 Å². The molecule has 0 fully saturated rings. The summed E-state index contributed by atoms with van der Waals surface area (Å²) in [5.74, 6) is -0.281. The van der Waals surface area contributed by atoms with Gasteiger partial charge in [-0.3, -0.25) is 9.59 Å². The molecule has 3 rings (SSSR count). The molecular weight excluding hydrogens is 411 g/mol. The number of carbonyl (C=O) groups excluding carboxylic acids is 2. The molecule has 0 heterocycles. The summed E-state index contributed by atoms with van der Waals surface area (Å²) in [5.41, 5.74) is 2.34. The number of ether oxygens (including phenoxy) is 1. The van der Waals surface area contributed by atoms with Gasteiger partial charge in [-0.1, -0.05) is 53.5 Å². The molecule has 0 bridgehead atoms. The lowest BCUT2D eigenvalue weighted by Gasteiger charge is -2.12. The van der Waals surface area contributed by atoms with Gasteiger partial charge in [0.05, 0.1) is 24.1 Å². The molecule has 0 radical (unpaired) electrons. The van der Waals surface area contributed by atoms with Crippen molar-refractivity contribution < 1.29 is 14.3 Å². The number of hydrogen-bond donors (Lipinski definition) is 2. The lowest BCUT2D eigenvalue weighted by atomic mass is 10.1. The lowest BCUT2D eigenvalue weighted by molar-refractivity contribution is -0.115. The number of nitrogens with one attached hydrogen (secondary N) is 2. The van der Waals surface area contributed by atoms with Crippen molar-refractivity contribution in [3.8, 4) is 5.75 Å². The summed E-state index contributed by atoms with van der Waals surface area (Å²) in [5, 5.41) is 6.17. The fourth-order valence-corrected chi connectivity index (χ4v) is 3.33. The van der Waals surface area contributed by atoms with E-state index in [1.807, 2.05) is 30.3 Å². The average molecular weight is 429 g/mol. The van der Waals surface area contributed by atoms with Gasteiger partial charge in [-0.25, -0.2) is 0 Å². The molecule has 0 aliphatic carbocycles. The maximum atomic E-state index is 12.6. The van der Waals surface area contributed by atoms with Crippen LogP contribution in [0.3, 0.4) is 0 Å². The largest absolute Gasteiger partial charge is 0.494 e. The first-order chi connectivity index (χ1) is 14.0. The number of halogens is 2. The topological polar surface area (TPSA) is 67.4 Å². The second kappa shape index (κ2) is 9.45.